The van der Waals surface area contributed by atoms with Crippen LogP contribution >= 0.6 is 0 Å². The van der Waals surface area contributed by atoms with E-state index in [1.54, 1.807) is 0 Å². The van der Waals surface area contributed by atoms with Crippen LogP contribution < -0.4 is 11.1 Å². The third-order valence-corrected chi connectivity index (χ3v) is 6.15. The van der Waals surface area contributed by atoms with Crippen LogP contribution in [-0.4, -0.2) is 30.6 Å². The third-order valence-electron chi connectivity index (χ3n) is 6.15. The zero-order chi connectivity index (χ0) is 18.8. The summed E-state index contributed by atoms with van der Waals surface area (Å²) in [6.45, 7) is 2.73. The summed E-state index contributed by atoms with van der Waals surface area (Å²) in [5.41, 5.74) is 5.46. The molecule has 1 amide bonds. The summed E-state index contributed by atoms with van der Waals surface area (Å²) in [4.78, 5) is 24.6. The predicted octanol–water partition coefficient (Wildman–Crippen LogP) is 3.69. The van der Waals surface area contributed by atoms with Gasteiger partial charge in [-0.25, -0.2) is 0 Å². The molecule has 0 aromatic rings. The fourth-order valence-corrected chi connectivity index (χ4v) is 4.46. The summed E-state index contributed by atoms with van der Waals surface area (Å²) in [5, 5.41) is 3.63. The number of amides is 1. The molecule has 0 saturated heterocycles. The van der Waals surface area contributed by atoms with Crippen molar-refractivity contribution in [1.82, 2.24) is 5.32 Å². The van der Waals surface area contributed by atoms with Crippen LogP contribution in [0.1, 0.15) is 90.4 Å². The Morgan fingerprint density at radius 1 is 1.04 bits per heavy atom. The SMILES string of the molecule is CCCCC(OC(=O)C(CNC1CCCCC1)C1CCCCC1)C(N)=O. The van der Waals surface area contributed by atoms with Crippen LogP contribution in [0.3, 0.4) is 0 Å². The summed E-state index contributed by atoms with van der Waals surface area (Å²) in [5.74, 6) is -0.526. The smallest absolute Gasteiger partial charge is 0.311 e. The first-order valence-corrected chi connectivity index (χ1v) is 10.8. The van der Waals surface area contributed by atoms with Crippen molar-refractivity contribution < 1.29 is 14.3 Å². The maximum absolute atomic E-state index is 12.9. The highest BCUT2D eigenvalue weighted by Crippen LogP contribution is 2.31. The van der Waals surface area contributed by atoms with E-state index in [2.05, 4.69) is 12.2 Å². The van der Waals surface area contributed by atoms with Gasteiger partial charge in [-0.3, -0.25) is 9.59 Å². The molecular weight excluding hydrogens is 328 g/mol. The first-order valence-electron chi connectivity index (χ1n) is 10.8. The lowest BCUT2D eigenvalue weighted by atomic mass is 9.79. The zero-order valence-corrected chi connectivity index (χ0v) is 16.5. The molecule has 0 aromatic carbocycles. The van der Waals surface area contributed by atoms with Gasteiger partial charge in [-0.05, 0) is 44.4 Å². The monoisotopic (exact) mass is 366 g/mol. The summed E-state index contributed by atoms with van der Waals surface area (Å²) in [6, 6.07) is 0.523. The molecule has 2 unspecified atom stereocenters. The van der Waals surface area contributed by atoms with Crippen molar-refractivity contribution in [2.75, 3.05) is 6.54 Å². The fourth-order valence-electron chi connectivity index (χ4n) is 4.46. The van der Waals surface area contributed by atoms with Crippen molar-refractivity contribution in [1.29, 1.82) is 0 Å². The highest BCUT2D eigenvalue weighted by atomic mass is 16.5. The number of carbonyl (C=O) groups is 2. The molecule has 2 aliphatic rings. The van der Waals surface area contributed by atoms with E-state index in [1.165, 1.54) is 51.4 Å². The molecule has 2 atom stereocenters. The maximum Gasteiger partial charge on any atom is 0.311 e. The van der Waals surface area contributed by atoms with Gasteiger partial charge in [0.2, 0.25) is 0 Å². The summed E-state index contributed by atoms with van der Waals surface area (Å²) < 4.78 is 5.62. The molecule has 0 spiro atoms. The molecule has 0 bridgehead atoms. The molecule has 0 heterocycles. The molecule has 5 heteroatoms. The second-order valence-electron chi connectivity index (χ2n) is 8.22. The van der Waals surface area contributed by atoms with Gasteiger partial charge in [0, 0.05) is 12.6 Å². The number of rotatable bonds is 10. The molecule has 0 radical (unpaired) electrons. The molecule has 0 aromatic heterocycles. The van der Waals surface area contributed by atoms with E-state index in [0.717, 1.165) is 25.7 Å². The van der Waals surface area contributed by atoms with Gasteiger partial charge in [-0.1, -0.05) is 51.9 Å². The predicted molar refractivity (Wildman–Crippen MR) is 104 cm³/mol. The van der Waals surface area contributed by atoms with Crippen LogP contribution in [0.25, 0.3) is 0 Å². The Labute approximate surface area is 158 Å². The molecule has 26 heavy (non-hydrogen) atoms. The summed E-state index contributed by atoms with van der Waals surface area (Å²) in [7, 11) is 0. The number of esters is 1. The van der Waals surface area contributed by atoms with Crippen LogP contribution in [-0.2, 0) is 14.3 Å². The molecule has 2 saturated carbocycles. The van der Waals surface area contributed by atoms with Gasteiger partial charge in [0.1, 0.15) is 0 Å². The lowest BCUT2D eigenvalue weighted by molar-refractivity contribution is -0.161. The molecule has 2 rings (SSSR count). The van der Waals surface area contributed by atoms with E-state index in [9.17, 15) is 9.59 Å². The molecule has 0 aliphatic heterocycles. The first kappa shape index (κ1) is 21.2. The van der Waals surface area contributed by atoms with Gasteiger partial charge < -0.3 is 15.8 Å². The van der Waals surface area contributed by atoms with Crippen LogP contribution in [0.4, 0.5) is 0 Å². The molecule has 2 fully saturated rings. The van der Waals surface area contributed by atoms with E-state index >= 15 is 0 Å². The van der Waals surface area contributed by atoms with Crippen molar-refractivity contribution >= 4 is 11.9 Å². The number of hydrogen-bond donors (Lipinski definition) is 2. The number of nitrogens with one attached hydrogen (secondary N) is 1. The topological polar surface area (TPSA) is 81.4 Å². The maximum atomic E-state index is 12.9. The highest BCUT2D eigenvalue weighted by molar-refractivity contribution is 5.83. The minimum atomic E-state index is -0.775. The number of ether oxygens (including phenoxy) is 1. The molecule has 2 aliphatic carbocycles. The van der Waals surface area contributed by atoms with E-state index in [4.69, 9.17) is 10.5 Å². The lowest BCUT2D eigenvalue weighted by Crippen LogP contribution is -2.43. The Morgan fingerprint density at radius 3 is 2.23 bits per heavy atom. The second kappa shape index (κ2) is 11.6. The lowest BCUT2D eigenvalue weighted by Gasteiger charge is -2.32. The number of unbranched alkanes of at least 4 members (excludes halogenated alkanes) is 1. The average Bonchev–Trinajstić information content (AvgIpc) is 2.66. The van der Waals surface area contributed by atoms with Gasteiger partial charge in [-0.2, -0.15) is 0 Å². The average molecular weight is 367 g/mol. The van der Waals surface area contributed by atoms with Crippen LogP contribution in [0, 0.1) is 11.8 Å². The Balaban J connectivity index is 1.95. The van der Waals surface area contributed by atoms with Crippen LogP contribution in [0.15, 0.2) is 0 Å². The molecule has 3 N–H and O–H groups in total. The van der Waals surface area contributed by atoms with E-state index in [-0.39, 0.29) is 11.9 Å². The summed E-state index contributed by atoms with van der Waals surface area (Å²) >= 11 is 0. The van der Waals surface area contributed by atoms with E-state index in [1.807, 2.05) is 0 Å². The Morgan fingerprint density at radius 2 is 1.65 bits per heavy atom. The minimum absolute atomic E-state index is 0.152. The van der Waals surface area contributed by atoms with Crippen molar-refractivity contribution in [2.45, 2.75) is 103 Å². The minimum Gasteiger partial charge on any atom is -0.452 e. The Hall–Kier alpha value is -1.10. The van der Waals surface area contributed by atoms with Crippen LogP contribution in [0.2, 0.25) is 0 Å². The third kappa shape index (κ3) is 6.90. The fraction of sp³-hybridized carbons (Fsp3) is 0.905. The highest BCUT2D eigenvalue weighted by Gasteiger charge is 2.33. The normalized spacial score (nSPS) is 21.9. The van der Waals surface area contributed by atoms with Crippen molar-refractivity contribution in [3.05, 3.63) is 0 Å². The van der Waals surface area contributed by atoms with Crippen molar-refractivity contribution in [3.8, 4) is 0 Å². The largest absolute Gasteiger partial charge is 0.452 e. The van der Waals surface area contributed by atoms with E-state index < -0.39 is 12.0 Å². The number of carbonyl (C=O) groups excluding carboxylic acids is 2. The van der Waals surface area contributed by atoms with Gasteiger partial charge in [0.15, 0.2) is 6.10 Å². The van der Waals surface area contributed by atoms with Gasteiger partial charge >= 0.3 is 5.97 Å². The number of hydrogen-bond acceptors (Lipinski definition) is 4. The molecule has 5 nitrogen and oxygen atoms in total. The first-order chi connectivity index (χ1) is 12.6. The quantitative estimate of drug-likeness (QED) is 0.578. The van der Waals surface area contributed by atoms with Crippen molar-refractivity contribution in [2.24, 2.45) is 17.6 Å². The van der Waals surface area contributed by atoms with Gasteiger partial charge in [0.05, 0.1) is 5.92 Å². The molecular formula is C21H38N2O3. The van der Waals surface area contributed by atoms with Gasteiger partial charge in [0.25, 0.3) is 5.91 Å². The Kier molecular flexibility index (Phi) is 9.44. The van der Waals surface area contributed by atoms with E-state index in [0.29, 0.717) is 24.9 Å². The van der Waals surface area contributed by atoms with Crippen molar-refractivity contribution in [3.63, 3.8) is 0 Å². The van der Waals surface area contributed by atoms with Gasteiger partial charge in [-0.15, -0.1) is 0 Å². The number of primary amides is 1. The zero-order valence-electron chi connectivity index (χ0n) is 16.5. The second-order valence-corrected chi connectivity index (χ2v) is 8.22. The summed E-state index contributed by atoms with van der Waals surface area (Å²) in [6.07, 6.45) is 13.6. The molecule has 150 valence electrons. The standard InChI is InChI=1S/C21H38N2O3/c1-2-3-14-19(20(22)24)26-21(25)18(16-10-6-4-7-11-16)15-23-17-12-8-5-9-13-17/h16-19,23H,2-15H2,1H3,(H2,22,24). The van der Waals surface area contributed by atoms with Crippen LogP contribution in [0.5, 0.6) is 0 Å². The Bertz CT molecular complexity index is 429. The number of nitrogens with two attached hydrogens (primary N) is 1.